The van der Waals surface area contributed by atoms with Gasteiger partial charge in [0.1, 0.15) is 0 Å². The summed E-state index contributed by atoms with van der Waals surface area (Å²) in [5.41, 5.74) is 0.939. The average molecular weight is 265 g/mol. The Morgan fingerprint density at radius 2 is 2.37 bits per heavy atom. The van der Waals surface area contributed by atoms with Crippen molar-refractivity contribution < 1.29 is 14.3 Å². The van der Waals surface area contributed by atoms with Crippen LogP contribution < -0.4 is 15.4 Å². The fraction of sp³-hybridized carbons (Fsp3) is 0.538. The minimum absolute atomic E-state index is 0.00710. The number of carbonyl (C=O) groups is 1. The molecule has 0 aromatic carbocycles. The van der Waals surface area contributed by atoms with E-state index in [9.17, 15) is 4.79 Å². The third kappa shape index (κ3) is 3.42. The maximum atomic E-state index is 12.0. The molecule has 1 aromatic rings. The van der Waals surface area contributed by atoms with Gasteiger partial charge in [0.2, 0.25) is 11.8 Å². The summed E-state index contributed by atoms with van der Waals surface area (Å²) in [6.07, 6.45) is 1.69. The van der Waals surface area contributed by atoms with Crippen LogP contribution in [0.15, 0.2) is 18.3 Å². The summed E-state index contributed by atoms with van der Waals surface area (Å²) in [4.78, 5) is 16.1. The Balaban J connectivity index is 1.85. The molecule has 6 heteroatoms. The number of hydrogen-bond donors (Lipinski definition) is 2. The van der Waals surface area contributed by atoms with Gasteiger partial charge in [-0.2, -0.15) is 0 Å². The molecule has 1 aliphatic heterocycles. The van der Waals surface area contributed by atoms with E-state index in [0.29, 0.717) is 25.6 Å². The maximum Gasteiger partial charge on any atom is 0.227 e. The van der Waals surface area contributed by atoms with Gasteiger partial charge in [-0.05, 0) is 12.6 Å². The van der Waals surface area contributed by atoms with E-state index in [-0.39, 0.29) is 17.9 Å². The van der Waals surface area contributed by atoms with E-state index in [4.69, 9.17) is 9.47 Å². The van der Waals surface area contributed by atoms with Crippen LogP contribution in [0.1, 0.15) is 5.56 Å². The molecule has 0 saturated carbocycles. The van der Waals surface area contributed by atoms with Crippen molar-refractivity contribution in [2.75, 3.05) is 27.4 Å². The third-order valence-corrected chi connectivity index (χ3v) is 3.26. The minimum Gasteiger partial charge on any atom is -0.481 e. The molecule has 1 aliphatic rings. The fourth-order valence-electron chi connectivity index (χ4n) is 2.05. The van der Waals surface area contributed by atoms with E-state index in [1.165, 1.54) is 0 Å². The largest absolute Gasteiger partial charge is 0.481 e. The second-order valence-electron chi connectivity index (χ2n) is 4.47. The molecule has 2 rings (SSSR count). The molecule has 2 atom stereocenters. The lowest BCUT2D eigenvalue weighted by Gasteiger charge is -2.16. The van der Waals surface area contributed by atoms with Crippen LogP contribution in [0.3, 0.4) is 0 Å². The summed E-state index contributed by atoms with van der Waals surface area (Å²) >= 11 is 0. The molecule has 104 valence electrons. The van der Waals surface area contributed by atoms with Crippen molar-refractivity contribution in [1.29, 1.82) is 0 Å². The lowest BCUT2D eigenvalue weighted by molar-refractivity contribution is -0.125. The molecule has 0 bridgehead atoms. The highest BCUT2D eigenvalue weighted by Crippen LogP contribution is 2.14. The second-order valence-corrected chi connectivity index (χ2v) is 4.47. The molecule has 2 unspecified atom stereocenters. The predicted molar refractivity (Wildman–Crippen MR) is 69.8 cm³/mol. The van der Waals surface area contributed by atoms with Crippen LogP contribution in [0.2, 0.25) is 0 Å². The number of ether oxygens (including phenoxy) is 2. The molecule has 1 fully saturated rings. The molecular formula is C13H19N3O3. The lowest BCUT2D eigenvalue weighted by atomic mass is 10.0. The zero-order valence-electron chi connectivity index (χ0n) is 11.2. The van der Waals surface area contributed by atoms with Crippen molar-refractivity contribution in [3.05, 3.63) is 23.9 Å². The van der Waals surface area contributed by atoms with Crippen molar-refractivity contribution in [3.8, 4) is 5.88 Å². The third-order valence-electron chi connectivity index (χ3n) is 3.26. The van der Waals surface area contributed by atoms with Crippen LogP contribution in [-0.4, -0.2) is 44.3 Å². The van der Waals surface area contributed by atoms with Crippen molar-refractivity contribution in [2.45, 2.75) is 12.6 Å². The molecule has 1 amide bonds. The Morgan fingerprint density at radius 1 is 1.53 bits per heavy atom. The Hall–Kier alpha value is -1.66. The zero-order chi connectivity index (χ0) is 13.7. The summed E-state index contributed by atoms with van der Waals surface area (Å²) < 4.78 is 10.3. The second kappa shape index (κ2) is 6.49. The van der Waals surface area contributed by atoms with Crippen LogP contribution in [0, 0.1) is 5.92 Å². The monoisotopic (exact) mass is 265 g/mol. The van der Waals surface area contributed by atoms with Gasteiger partial charge < -0.3 is 20.1 Å². The van der Waals surface area contributed by atoms with Crippen molar-refractivity contribution in [3.63, 3.8) is 0 Å². The first-order chi connectivity index (χ1) is 9.24. The van der Waals surface area contributed by atoms with Gasteiger partial charge in [0.05, 0.1) is 26.2 Å². The average Bonchev–Trinajstić information content (AvgIpc) is 2.93. The SMILES string of the molecule is CNC1COCC1C(=O)NCc1ccc(OC)nc1. The number of methoxy groups -OCH3 is 1. The molecule has 0 aliphatic carbocycles. The molecule has 1 aromatic heterocycles. The predicted octanol–water partition coefficient (Wildman–Crippen LogP) is -0.0592. The molecule has 0 radical (unpaired) electrons. The van der Waals surface area contributed by atoms with Gasteiger partial charge in [0.15, 0.2) is 0 Å². The van der Waals surface area contributed by atoms with E-state index in [1.807, 2.05) is 13.1 Å². The fourth-order valence-corrected chi connectivity index (χ4v) is 2.05. The number of likely N-dealkylation sites (N-methyl/N-ethyl adjacent to an activating group) is 1. The number of nitrogens with one attached hydrogen (secondary N) is 2. The van der Waals surface area contributed by atoms with Gasteiger partial charge in [-0.15, -0.1) is 0 Å². The Morgan fingerprint density at radius 3 is 3.00 bits per heavy atom. The van der Waals surface area contributed by atoms with Gasteiger partial charge in [-0.25, -0.2) is 4.98 Å². The highest BCUT2D eigenvalue weighted by Gasteiger charge is 2.32. The van der Waals surface area contributed by atoms with Gasteiger partial charge in [-0.1, -0.05) is 6.07 Å². The van der Waals surface area contributed by atoms with Gasteiger partial charge in [0, 0.05) is 24.8 Å². The number of rotatable bonds is 5. The van der Waals surface area contributed by atoms with Crippen molar-refractivity contribution in [1.82, 2.24) is 15.6 Å². The van der Waals surface area contributed by atoms with Crippen LogP contribution in [0.5, 0.6) is 5.88 Å². The summed E-state index contributed by atoms with van der Waals surface area (Å²) in [5.74, 6) is 0.443. The number of amides is 1. The summed E-state index contributed by atoms with van der Waals surface area (Å²) in [6.45, 7) is 1.51. The number of pyridine rings is 1. The normalized spacial score (nSPS) is 22.2. The summed E-state index contributed by atoms with van der Waals surface area (Å²) in [5, 5.41) is 6.00. The first kappa shape index (κ1) is 13.8. The Kier molecular flexibility index (Phi) is 4.70. The highest BCUT2D eigenvalue weighted by molar-refractivity contribution is 5.79. The number of carbonyl (C=O) groups excluding carboxylic acids is 1. The van der Waals surface area contributed by atoms with Crippen LogP contribution in [0.4, 0.5) is 0 Å². The zero-order valence-corrected chi connectivity index (χ0v) is 11.2. The van der Waals surface area contributed by atoms with Crippen molar-refractivity contribution in [2.24, 2.45) is 5.92 Å². The molecule has 0 spiro atoms. The quantitative estimate of drug-likeness (QED) is 0.780. The summed E-state index contributed by atoms with van der Waals surface area (Å²) in [7, 11) is 3.41. The standard InChI is InChI=1S/C13H19N3O3/c1-14-11-8-19-7-10(11)13(17)16-6-9-3-4-12(18-2)15-5-9/h3-5,10-11,14H,6-8H2,1-2H3,(H,16,17). The van der Waals surface area contributed by atoms with Gasteiger partial charge in [0.25, 0.3) is 0 Å². The summed E-state index contributed by atoms with van der Waals surface area (Å²) in [6, 6.07) is 3.75. The van der Waals surface area contributed by atoms with E-state index >= 15 is 0 Å². The van der Waals surface area contributed by atoms with Crippen LogP contribution in [0.25, 0.3) is 0 Å². The molecule has 2 heterocycles. The first-order valence-electron chi connectivity index (χ1n) is 6.26. The number of aromatic nitrogens is 1. The smallest absolute Gasteiger partial charge is 0.227 e. The van der Waals surface area contributed by atoms with Crippen molar-refractivity contribution >= 4 is 5.91 Å². The molecule has 1 saturated heterocycles. The number of hydrogen-bond acceptors (Lipinski definition) is 5. The Labute approximate surface area is 112 Å². The molecular weight excluding hydrogens is 246 g/mol. The topological polar surface area (TPSA) is 72.5 Å². The molecule has 19 heavy (non-hydrogen) atoms. The van der Waals surface area contributed by atoms with E-state index in [1.54, 1.807) is 19.4 Å². The van der Waals surface area contributed by atoms with Gasteiger partial charge in [-0.3, -0.25) is 4.79 Å². The Bertz CT molecular complexity index is 422. The van der Waals surface area contributed by atoms with E-state index < -0.39 is 0 Å². The van der Waals surface area contributed by atoms with E-state index in [2.05, 4.69) is 15.6 Å². The minimum atomic E-state index is -0.129. The van der Waals surface area contributed by atoms with Gasteiger partial charge >= 0.3 is 0 Å². The molecule has 2 N–H and O–H groups in total. The van der Waals surface area contributed by atoms with Crippen LogP contribution in [-0.2, 0) is 16.1 Å². The maximum absolute atomic E-state index is 12.0. The number of nitrogens with zero attached hydrogens (tertiary/aromatic N) is 1. The van der Waals surface area contributed by atoms with Crippen LogP contribution >= 0.6 is 0 Å². The molecule has 6 nitrogen and oxygen atoms in total. The highest BCUT2D eigenvalue weighted by atomic mass is 16.5. The van der Waals surface area contributed by atoms with E-state index in [0.717, 1.165) is 5.56 Å². The lowest BCUT2D eigenvalue weighted by Crippen LogP contribution is -2.42. The first-order valence-corrected chi connectivity index (χ1v) is 6.26.